The molecule has 3 aliphatic rings. The van der Waals surface area contributed by atoms with Gasteiger partial charge >= 0.3 is 0 Å². The first kappa shape index (κ1) is 14.5. The molecule has 3 nitrogen and oxygen atoms in total. The van der Waals surface area contributed by atoms with Gasteiger partial charge in [0.1, 0.15) is 0 Å². The zero-order valence-corrected chi connectivity index (χ0v) is 13.8. The normalized spacial score (nSPS) is 14.5. The van der Waals surface area contributed by atoms with Crippen LogP contribution in [0.1, 0.15) is 18.4 Å². The third kappa shape index (κ3) is 3.17. The number of imidazole rings is 1. The smallest absolute Gasteiger partial charge is 0.189 e. The Kier molecular flexibility index (Phi) is 4.16. The second-order valence-corrected chi connectivity index (χ2v) is 6.74. The molecule has 1 fully saturated rings. The van der Waals surface area contributed by atoms with Crippen molar-refractivity contribution in [2.24, 2.45) is 0 Å². The fourth-order valence-electron chi connectivity index (χ4n) is 3.05. The number of anilines is 1. The number of aromatic nitrogens is 2. The Labute approximate surface area is 141 Å². The van der Waals surface area contributed by atoms with E-state index in [2.05, 4.69) is 39.1 Å². The van der Waals surface area contributed by atoms with Crippen molar-refractivity contribution in [3.05, 3.63) is 60.2 Å². The molecule has 4 rings (SSSR count). The van der Waals surface area contributed by atoms with Gasteiger partial charge in [-0.05, 0) is 36.6 Å². The molecule has 4 heteroatoms. The Hall–Kier alpha value is -2.07. The van der Waals surface area contributed by atoms with Gasteiger partial charge in [0.2, 0.25) is 0 Å². The van der Waals surface area contributed by atoms with Crippen LogP contribution < -0.4 is 4.90 Å². The molecule has 0 unspecified atom stereocenters. The maximum Gasteiger partial charge on any atom is 0.189 e. The lowest BCUT2D eigenvalue weighted by Crippen LogP contribution is -2.18. The zero-order chi connectivity index (χ0) is 15.5. The van der Waals surface area contributed by atoms with Gasteiger partial charge in [-0.3, -0.25) is 0 Å². The highest BCUT2D eigenvalue weighted by Crippen LogP contribution is 2.31. The predicted molar refractivity (Wildman–Crippen MR) is 96.1 cm³/mol. The minimum atomic E-state index is 0.863. The average molecular weight is 321 g/mol. The van der Waals surface area contributed by atoms with E-state index in [1.54, 1.807) is 11.8 Å². The maximum atomic E-state index is 4.63. The Morgan fingerprint density at radius 2 is 1.48 bits per heavy atom. The van der Waals surface area contributed by atoms with Gasteiger partial charge in [-0.1, -0.05) is 48.2 Å². The molecular weight excluding hydrogens is 302 g/mol. The van der Waals surface area contributed by atoms with Crippen LogP contribution in [0.5, 0.6) is 0 Å². The van der Waals surface area contributed by atoms with E-state index in [4.69, 9.17) is 0 Å². The lowest BCUT2D eigenvalue weighted by Gasteiger charge is -2.20. The van der Waals surface area contributed by atoms with Crippen LogP contribution in [0, 0.1) is 0 Å². The first-order valence-corrected chi connectivity index (χ1v) is 9.07. The first-order chi connectivity index (χ1) is 11.4. The van der Waals surface area contributed by atoms with Crippen molar-refractivity contribution in [1.82, 2.24) is 9.97 Å². The molecule has 0 spiro atoms. The first-order valence-electron chi connectivity index (χ1n) is 8.08. The van der Waals surface area contributed by atoms with Crippen molar-refractivity contribution in [1.29, 1.82) is 0 Å². The van der Waals surface area contributed by atoms with Crippen molar-refractivity contribution in [2.75, 3.05) is 18.0 Å². The molecule has 1 aliphatic carbocycles. The van der Waals surface area contributed by atoms with Gasteiger partial charge in [-0.2, -0.15) is 0 Å². The molecule has 1 aromatic carbocycles. The summed E-state index contributed by atoms with van der Waals surface area (Å²) < 4.78 is 0. The van der Waals surface area contributed by atoms with Crippen molar-refractivity contribution >= 4 is 17.4 Å². The number of para-hydroxylation sites is 1. The van der Waals surface area contributed by atoms with E-state index in [0.29, 0.717) is 0 Å². The third-order valence-corrected chi connectivity index (χ3v) is 5.12. The molecular formula is C19H19N3S. The fraction of sp³-hybridized carbons (Fsp3) is 0.263. The van der Waals surface area contributed by atoms with Gasteiger partial charge in [-0.25, -0.2) is 9.97 Å². The quantitative estimate of drug-likeness (QED) is 0.663. The molecule has 23 heavy (non-hydrogen) atoms. The van der Waals surface area contributed by atoms with Crippen LogP contribution in [0.25, 0.3) is 11.4 Å². The zero-order valence-electron chi connectivity index (χ0n) is 13.0. The Bertz CT molecular complexity index is 737. The Morgan fingerprint density at radius 1 is 0.826 bits per heavy atom. The summed E-state index contributed by atoms with van der Waals surface area (Å²) in [6, 6.07) is 18.8. The predicted octanol–water partition coefficient (Wildman–Crippen LogP) is 4.47. The molecule has 2 aliphatic heterocycles. The van der Waals surface area contributed by atoms with Gasteiger partial charge in [0.15, 0.2) is 5.16 Å². The molecule has 116 valence electrons. The van der Waals surface area contributed by atoms with Gasteiger partial charge < -0.3 is 4.90 Å². The van der Waals surface area contributed by atoms with Gasteiger partial charge in [0, 0.05) is 24.5 Å². The Morgan fingerprint density at radius 3 is 2.22 bits per heavy atom. The molecule has 2 heterocycles. The summed E-state index contributed by atoms with van der Waals surface area (Å²) in [5.41, 5.74) is 4.68. The standard InChI is InChI=1S/C19H19N3S/c1-2-9-16-17(10-3-1)21-19(20-16)23-14-15-8-4-5-11-18(15)22-12-6-7-13-22/h1-5,8-11H,6-7,12-14H2. The number of nitrogens with zero attached hydrogens (tertiary/aromatic N) is 3. The van der Waals surface area contributed by atoms with Crippen LogP contribution in [0.15, 0.2) is 59.8 Å². The van der Waals surface area contributed by atoms with Crippen LogP contribution in [-0.2, 0) is 5.75 Å². The summed E-state index contributed by atoms with van der Waals surface area (Å²) in [6.45, 7) is 2.35. The number of rotatable bonds is 4. The summed E-state index contributed by atoms with van der Waals surface area (Å²) in [7, 11) is 0. The molecule has 0 aromatic heterocycles. The number of hydrogen-bond acceptors (Lipinski definition) is 4. The molecule has 0 N–H and O–H groups in total. The van der Waals surface area contributed by atoms with Crippen LogP contribution >= 0.6 is 11.8 Å². The van der Waals surface area contributed by atoms with Crippen LogP contribution in [0.4, 0.5) is 5.69 Å². The van der Waals surface area contributed by atoms with Gasteiger partial charge in [0.25, 0.3) is 0 Å². The van der Waals surface area contributed by atoms with E-state index < -0.39 is 0 Å². The van der Waals surface area contributed by atoms with E-state index in [-0.39, 0.29) is 0 Å². The third-order valence-electron chi connectivity index (χ3n) is 4.22. The minimum Gasteiger partial charge on any atom is -0.371 e. The summed E-state index contributed by atoms with van der Waals surface area (Å²) in [6.07, 6.45) is 2.60. The molecule has 0 radical (unpaired) electrons. The fourth-order valence-corrected chi connectivity index (χ4v) is 3.91. The molecule has 0 amide bonds. The molecule has 0 bridgehead atoms. The maximum absolute atomic E-state index is 4.63. The molecule has 1 aromatic rings. The lowest BCUT2D eigenvalue weighted by atomic mass is 10.2. The van der Waals surface area contributed by atoms with Crippen molar-refractivity contribution in [3.63, 3.8) is 0 Å². The van der Waals surface area contributed by atoms with E-state index in [9.17, 15) is 0 Å². The molecule has 0 saturated carbocycles. The highest BCUT2D eigenvalue weighted by molar-refractivity contribution is 7.98. The highest BCUT2D eigenvalue weighted by atomic mass is 32.2. The van der Waals surface area contributed by atoms with E-state index in [1.165, 1.54) is 37.2 Å². The topological polar surface area (TPSA) is 29.0 Å². The van der Waals surface area contributed by atoms with Gasteiger partial charge in [0.05, 0.1) is 11.4 Å². The number of fused-ring (bicyclic) bond motifs is 1. The van der Waals surface area contributed by atoms with Crippen molar-refractivity contribution in [3.8, 4) is 11.4 Å². The monoisotopic (exact) mass is 321 g/mol. The SMILES string of the molecule is c1ccc2nc(SCc3ccccc3N3CCCC3)nc-2cc1. The van der Waals surface area contributed by atoms with Crippen LogP contribution in [0.3, 0.4) is 0 Å². The molecule has 1 saturated heterocycles. The number of thioether (sulfide) groups is 1. The van der Waals surface area contributed by atoms with Gasteiger partial charge in [-0.15, -0.1) is 0 Å². The summed E-state index contributed by atoms with van der Waals surface area (Å²) in [5, 5.41) is 0.863. The number of hydrogen-bond donors (Lipinski definition) is 0. The van der Waals surface area contributed by atoms with E-state index in [0.717, 1.165) is 22.3 Å². The summed E-state index contributed by atoms with van der Waals surface area (Å²) >= 11 is 1.72. The second-order valence-electron chi connectivity index (χ2n) is 5.80. The summed E-state index contributed by atoms with van der Waals surface area (Å²) in [4.78, 5) is 11.8. The van der Waals surface area contributed by atoms with Crippen LogP contribution in [-0.4, -0.2) is 23.1 Å². The Balaban J connectivity index is 1.53. The average Bonchev–Trinajstić information content (AvgIpc) is 3.19. The van der Waals surface area contributed by atoms with Crippen LogP contribution in [0.2, 0.25) is 0 Å². The molecule has 0 atom stereocenters. The highest BCUT2D eigenvalue weighted by Gasteiger charge is 2.16. The van der Waals surface area contributed by atoms with E-state index >= 15 is 0 Å². The lowest BCUT2D eigenvalue weighted by molar-refractivity contribution is 0.949. The van der Waals surface area contributed by atoms with Crippen molar-refractivity contribution in [2.45, 2.75) is 23.8 Å². The minimum absolute atomic E-state index is 0.863. The van der Waals surface area contributed by atoms with E-state index in [1.807, 2.05) is 30.3 Å². The van der Waals surface area contributed by atoms with Crippen molar-refractivity contribution < 1.29 is 0 Å². The summed E-state index contributed by atoms with van der Waals surface area (Å²) in [5.74, 6) is 0.912. The largest absolute Gasteiger partial charge is 0.371 e. The second kappa shape index (κ2) is 6.59. The number of benzene rings is 1.